The van der Waals surface area contributed by atoms with E-state index in [0.29, 0.717) is 68.7 Å². The average molecular weight is 718 g/mol. The van der Waals surface area contributed by atoms with Crippen molar-refractivity contribution < 1.29 is 24.5 Å². The van der Waals surface area contributed by atoms with Gasteiger partial charge in [-0.3, -0.25) is 24.1 Å². The predicted octanol–water partition coefficient (Wildman–Crippen LogP) is 4.31. The number of nitrogens with zero attached hydrogens (tertiary/aromatic N) is 3. The summed E-state index contributed by atoms with van der Waals surface area (Å²) in [6.45, 7) is 0.463. The number of carbonyl (C=O) groups excluding carboxylic acids is 1. The number of carboxylic acid groups (broad SMARTS) is 1. The maximum atomic E-state index is 13.2. The zero-order valence-electron chi connectivity index (χ0n) is 27.0. The van der Waals surface area contributed by atoms with Crippen LogP contribution in [0.5, 0.6) is 5.88 Å². The van der Waals surface area contributed by atoms with E-state index in [1.165, 1.54) is 11.5 Å². The van der Waals surface area contributed by atoms with Gasteiger partial charge in [0.05, 0.1) is 29.5 Å². The first kappa shape index (κ1) is 35.0. The van der Waals surface area contributed by atoms with Gasteiger partial charge in [0.15, 0.2) is 0 Å². The molecule has 1 aliphatic heterocycles. The summed E-state index contributed by atoms with van der Waals surface area (Å²) in [5.74, 6) is -0.834. The van der Waals surface area contributed by atoms with Gasteiger partial charge in [-0.25, -0.2) is 9.97 Å². The molecule has 0 aliphatic carbocycles. The fourth-order valence-corrected chi connectivity index (χ4v) is 6.57. The van der Waals surface area contributed by atoms with Crippen molar-refractivity contribution in [3.63, 3.8) is 0 Å². The number of halogens is 2. The predicted molar refractivity (Wildman–Crippen MR) is 190 cm³/mol. The fourth-order valence-electron chi connectivity index (χ4n) is 5.91. The Kier molecular flexibility index (Phi) is 10.8. The van der Waals surface area contributed by atoms with Crippen LogP contribution in [-0.4, -0.2) is 68.8 Å². The largest absolute Gasteiger partial charge is 0.481 e. The van der Waals surface area contributed by atoms with E-state index in [9.17, 15) is 24.6 Å². The maximum Gasteiger partial charge on any atom is 0.323 e. The lowest BCUT2D eigenvalue weighted by Gasteiger charge is -2.16. The van der Waals surface area contributed by atoms with Crippen LogP contribution in [0, 0.1) is 0 Å². The minimum Gasteiger partial charge on any atom is -0.481 e. The van der Waals surface area contributed by atoms with E-state index in [-0.39, 0.29) is 29.9 Å². The first-order valence-corrected chi connectivity index (χ1v) is 16.6. The molecular weight excluding hydrogens is 683 g/mol. The van der Waals surface area contributed by atoms with E-state index in [0.717, 1.165) is 17.5 Å². The van der Waals surface area contributed by atoms with Crippen molar-refractivity contribution >= 4 is 40.7 Å². The molecule has 12 nitrogen and oxygen atoms in total. The molecule has 258 valence electrons. The summed E-state index contributed by atoms with van der Waals surface area (Å²) in [5.41, 5.74) is 5.44. The quantitative estimate of drug-likeness (QED) is 0.119. The van der Waals surface area contributed by atoms with Crippen LogP contribution in [0.3, 0.4) is 0 Å². The zero-order valence-corrected chi connectivity index (χ0v) is 28.5. The molecule has 1 fully saturated rings. The molecule has 1 aliphatic rings. The van der Waals surface area contributed by atoms with Crippen molar-refractivity contribution in [2.45, 2.75) is 38.0 Å². The second-order valence-corrected chi connectivity index (χ2v) is 12.6. The third-order valence-electron chi connectivity index (χ3n) is 8.60. The van der Waals surface area contributed by atoms with Gasteiger partial charge in [0.1, 0.15) is 11.7 Å². The lowest BCUT2D eigenvalue weighted by Crippen LogP contribution is -2.39. The smallest absolute Gasteiger partial charge is 0.323 e. The van der Waals surface area contributed by atoms with Gasteiger partial charge in [0, 0.05) is 77.9 Å². The Morgan fingerprint density at radius 2 is 1.74 bits per heavy atom. The van der Waals surface area contributed by atoms with Crippen LogP contribution < -0.4 is 26.2 Å². The van der Waals surface area contributed by atoms with E-state index in [4.69, 9.17) is 27.9 Å². The van der Waals surface area contributed by atoms with Gasteiger partial charge in [-0.2, -0.15) is 0 Å². The number of benzene rings is 2. The van der Waals surface area contributed by atoms with Crippen LogP contribution in [0.15, 0.2) is 77.9 Å². The Labute approximate surface area is 297 Å². The summed E-state index contributed by atoms with van der Waals surface area (Å²) in [4.78, 5) is 45.1. The molecule has 0 unspecified atom stereocenters. The number of hydrogen-bond donors (Lipinski definition) is 5. The van der Waals surface area contributed by atoms with Crippen LogP contribution in [0.25, 0.3) is 39.2 Å². The first-order valence-electron chi connectivity index (χ1n) is 15.9. The van der Waals surface area contributed by atoms with Crippen LogP contribution in [0.4, 0.5) is 0 Å². The SMILES string of the molecule is COc1nc(-c2cccc(-c3cccc(-c4ccn5c(=O)c(CNC[C@H]6CCC(=O)N6)cnc5c4)c3Cl)c2Cl)ccc1CN[C@H](CO)C(=O)O. The number of hydrogen-bond acceptors (Lipinski definition) is 9. The molecule has 1 saturated heterocycles. The molecule has 5 aromatic rings. The minimum atomic E-state index is -1.17. The van der Waals surface area contributed by atoms with Gasteiger partial charge >= 0.3 is 5.97 Å². The van der Waals surface area contributed by atoms with Crippen molar-refractivity contribution in [1.29, 1.82) is 0 Å². The highest BCUT2D eigenvalue weighted by Crippen LogP contribution is 2.42. The van der Waals surface area contributed by atoms with Gasteiger partial charge in [0.2, 0.25) is 11.8 Å². The number of rotatable bonds is 13. The molecule has 4 heterocycles. The summed E-state index contributed by atoms with van der Waals surface area (Å²) >= 11 is 14.1. The van der Waals surface area contributed by atoms with Gasteiger partial charge in [-0.05, 0) is 30.2 Å². The topological polar surface area (TPSA) is 167 Å². The molecule has 0 saturated carbocycles. The van der Waals surface area contributed by atoms with Gasteiger partial charge in [0.25, 0.3) is 5.56 Å². The number of carbonyl (C=O) groups is 2. The molecular formula is C36H34Cl2N6O6. The number of pyridine rings is 2. The molecule has 50 heavy (non-hydrogen) atoms. The van der Waals surface area contributed by atoms with E-state index in [1.807, 2.05) is 48.5 Å². The number of nitrogens with one attached hydrogen (secondary N) is 3. The molecule has 0 spiro atoms. The maximum absolute atomic E-state index is 13.2. The normalized spacial score (nSPS) is 14.9. The number of methoxy groups -OCH3 is 1. The number of aliphatic hydroxyl groups is 1. The highest BCUT2D eigenvalue weighted by Gasteiger charge is 2.21. The van der Waals surface area contributed by atoms with Crippen molar-refractivity contribution in [2.75, 3.05) is 20.3 Å². The van der Waals surface area contributed by atoms with E-state index >= 15 is 0 Å². The summed E-state index contributed by atoms with van der Waals surface area (Å²) in [7, 11) is 1.47. The van der Waals surface area contributed by atoms with Crippen LogP contribution >= 0.6 is 23.2 Å². The molecule has 0 radical (unpaired) electrons. The fraction of sp³-hybridized carbons (Fsp3) is 0.250. The zero-order chi connectivity index (χ0) is 35.4. The van der Waals surface area contributed by atoms with E-state index in [1.54, 1.807) is 24.5 Å². The molecule has 3 aromatic heterocycles. The number of fused-ring (bicyclic) bond motifs is 1. The first-order chi connectivity index (χ1) is 24.2. The van der Waals surface area contributed by atoms with Crippen molar-refractivity contribution in [2.24, 2.45) is 0 Å². The molecule has 0 bridgehead atoms. The molecule has 6 rings (SSSR count). The molecule has 1 amide bonds. The van der Waals surface area contributed by atoms with Gasteiger partial charge < -0.3 is 25.6 Å². The standard InChI is InChI=1S/C36H34Cl2N6O6/c1-50-34-21(16-40-29(19-45)36(48)49)8-10-28(43-34)27-7-3-6-26(33(27)38)25-5-2-4-24(32(25)37)20-12-13-44-30(14-20)41-17-22(35(44)47)15-39-18-23-9-11-31(46)42-23/h2-8,10,12-14,17,23,29,39-40,45H,9,11,15-16,18-19H2,1H3,(H,42,46)(H,48,49)/t23-,29-/m1/s1. The Balaban J connectivity index is 1.25. The Morgan fingerprint density at radius 1 is 1.02 bits per heavy atom. The lowest BCUT2D eigenvalue weighted by molar-refractivity contribution is -0.140. The Bertz CT molecular complexity index is 2140. The van der Waals surface area contributed by atoms with E-state index < -0.39 is 18.6 Å². The van der Waals surface area contributed by atoms with Crippen LogP contribution in [0.2, 0.25) is 10.0 Å². The summed E-state index contributed by atoms with van der Waals surface area (Å²) < 4.78 is 6.98. The summed E-state index contributed by atoms with van der Waals surface area (Å²) in [6, 6.07) is 17.3. The van der Waals surface area contributed by atoms with Gasteiger partial charge in [-0.15, -0.1) is 0 Å². The lowest BCUT2D eigenvalue weighted by atomic mass is 9.97. The van der Waals surface area contributed by atoms with E-state index in [2.05, 4.69) is 25.9 Å². The summed E-state index contributed by atoms with van der Waals surface area (Å²) in [6.07, 6.45) is 4.55. The average Bonchev–Trinajstić information content (AvgIpc) is 3.54. The van der Waals surface area contributed by atoms with Crippen LogP contribution in [-0.2, 0) is 22.7 Å². The Morgan fingerprint density at radius 3 is 2.42 bits per heavy atom. The second kappa shape index (κ2) is 15.4. The minimum absolute atomic E-state index is 0.0486. The van der Waals surface area contributed by atoms with Crippen LogP contribution in [0.1, 0.15) is 24.0 Å². The molecule has 14 heteroatoms. The van der Waals surface area contributed by atoms with Crippen molar-refractivity contribution in [3.8, 4) is 39.4 Å². The third kappa shape index (κ3) is 7.35. The van der Waals surface area contributed by atoms with Crippen molar-refractivity contribution in [3.05, 3.63) is 105 Å². The number of amides is 1. The van der Waals surface area contributed by atoms with Crippen molar-refractivity contribution in [1.82, 2.24) is 30.3 Å². The second-order valence-electron chi connectivity index (χ2n) is 11.8. The third-order valence-corrected chi connectivity index (χ3v) is 9.41. The highest BCUT2D eigenvalue weighted by atomic mass is 35.5. The van der Waals surface area contributed by atoms with Gasteiger partial charge in [-0.1, -0.05) is 65.7 Å². The number of aliphatic hydroxyl groups excluding tert-OH is 1. The number of aliphatic carboxylic acids is 1. The molecule has 2 atom stereocenters. The molecule has 2 aromatic carbocycles. The number of aromatic nitrogens is 3. The molecule has 5 N–H and O–H groups in total. The summed E-state index contributed by atoms with van der Waals surface area (Å²) in [5, 5.41) is 28.3. The number of ether oxygens (including phenoxy) is 1. The highest BCUT2D eigenvalue weighted by molar-refractivity contribution is 6.39. The Hall–Kier alpha value is -4.85. The number of carboxylic acids is 1. The monoisotopic (exact) mass is 716 g/mol.